The summed E-state index contributed by atoms with van der Waals surface area (Å²) in [6.07, 6.45) is 3.70. The largest absolute Gasteiger partial charge is 0.493 e. The number of carbonyl (C=O) groups is 1. The molecule has 1 aromatic rings. The molecule has 3 rings (SSSR count). The van der Waals surface area contributed by atoms with Crippen LogP contribution in [0, 0.1) is 5.92 Å². The highest BCUT2D eigenvalue weighted by Gasteiger charge is 2.29. The third-order valence-corrected chi connectivity index (χ3v) is 4.18. The van der Waals surface area contributed by atoms with Crippen molar-refractivity contribution in [2.75, 3.05) is 33.4 Å². The molecule has 5 nitrogen and oxygen atoms in total. The van der Waals surface area contributed by atoms with Gasteiger partial charge < -0.3 is 19.1 Å². The van der Waals surface area contributed by atoms with Crippen LogP contribution in [0.2, 0.25) is 0 Å². The summed E-state index contributed by atoms with van der Waals surface area (Å²) in [4.78, 5) is 14.0. The van der Waals surface area contributed by atoms with Crippen molar-refractivity contribution in [1.82, 2.24) is 4.90 Å². The van der Waals surface area contributed by atoms with Gasteiger partial charge in [-0.3, -0.25) is 4.79 Å². The van der Waals surface area contributed by atoms with Gasteiger partial charge in [-0.2, -0.15) is 0 Å². The number of ether oxygens (including phenoxy) is 3. The van der Waals surface area contributed by atoms with Gasteiger partial charge in [0.25, 0.3) is 5.91 Å². The molecule has 1 saturated carbocycles. The summed E-state index contributed by atoms with van der Waals surface area (Å²) in [5, 5.41) is 0. The van der Waals surface area contributed by atoms with Gasteiger partial charge in [0, 0.05) is 19.7 Å². The molecule has 120 valence electrons. The maximum atomic E-state index is 12.2. The molecule has 0 bridgehead atoms. The monoisotopic (exact) mass is 305 g/mol. The first-order chi connectivity index (χ1) is 10.8. The number of amides is 1. The Kier molecular flexibility index (Phi) is 4.83. The van der Waals surface area contributed by atoms with E-state index in [9.17, 15) is 4.79 Å². The Balaban J connectivity index is 1.43. The van der Waals surface area contributed by atoms with E-state index < -0.39 is 0 Å². The van der Waals surface area contributed by atoms with Crippen LogP contribution in [0.25, 0.3) is 0 Å². The van der Waals surface area contributed by atoms with E-state index in [1.807, 2.05) is 23.1 Å². The smallest absolute Gasteiger partial charge is 0.260 e. The third kappa shape index (κ3) is 3.91. The number of benzene rings is 1. The molecule has 1 heterocycles. The Hall–Kier alpha value is -1.75. The lowest BCUT2D eigenvalue weighted by Gasteiger charge is -2.17. The van der Waals surface area contributed by atoms with Crippen molar-refractivity contribution in [3.63, 3.8) is 0 Å². The number of para-hydroxylation sites is 2. The van der Waals surface area contributed by atoms with Crippen molar-refractivity contribution in [2.45, 2.75) is 25.4 Å². The number of carbonyl (C=O) groups excluding carboxylic acids is 1. The van der Waals surface area contributed by atoms with E-state index in [2.05, 4.69) is 0 Å². The fraction of sp³-hybridized carbons (Fsp3) is 0.588. The van der Waals surface area contributed by atoms with Crippen LogP contribution in [0.4, 0.5) is 0 Å². The second kappa shape index (κ2) is 7.01. The minimum Gasteiger partial charge on any atom is -0.493 e. The van der Waals surface area contributed by atoms with Gasteiger partial charge in [0.1, 0.15) is 0 Å². The van der Waals surface area contributed by atoms with Gasteiger partial charge in [-0.1, -0.05) is 12.1 Å². The van der Waals surface area contributed by atoms with Gasteiger partial charge in [-0.05, 0) is 37.3 Å². The fourth-order valence-corrected chi connectivity index (χ4v) is 2.62. The standard InChI is InChI=1S/C17H23NO4/c1-20-15-4-2-3-5-16(15)22-12-17(19)18-9-8-14(10-18)21-11-13-6-7-13/h2-5,13-14H,6-12H2,1H3/t14-/m0/s1. The molecule has 2 fully saturated rings. The molecule has 1 aliphatic heterocycles. The zero-order valence-corrected chi connectivity index (χ0v) is 13.0. The highest BCUT2D eigenvalue weighted by atomic mass is 16.5. The van der Waals surface area contributed by atoms with Crippen molar-refractivity contribution < 1.29 is 19.0 Å². The summed E-state index contributed by atoms with van der Waals surface area (Å²) in [6, 6.07) is 7.35. The predicted octanol–water partition coefficient (Wildman–Crippen LogP) is 2.10. The Morgan fingerprint density at radius 2 is 2.00 bits per heavy atom. The summed E-state index contributed by atoms with van der Waals surface area (Å²) >= 11 is 0. The Morgan fingerprint density at radius 3 is 2.73 bits per heavy atom. The third-order valence-electron chi connectivity index (χ3n) is 4.18. The molecule has 1 amide bonds. The molecule has 0 N–H and O–H groups in total. The maximum Gasteiger partial charge on any atom is 0.260 e. The van der Waals surface area contributed by atoms with Crippen LogP contribution in [0.5, 0.6) is 11.5 Å². The van der Waals surface area contributed by atoms with Gasteiger partial charge in [0.05, 0.1) is 13.2 Å². The molecule has 0 radical (unpaired) electrons. The summed E-state index contributed by atoms with van der Waals surface area (Å²) in [6.45, 7) is 2.32. The number of rotatable bonds is 7. The molecule has 5 heteroatoms. The van der Waals surface area contributed by atoms with E-state index in [-0.39, 0.29) is 18.6 Å². The minimum absolute atomic E-state index is 0.00317. The molecule has 1 aromatic carbocycles. The average Bonchev–Trinajstić information content (AvgIpc) is 3.27. The van der Waals surface area contributed by atoms with Crippen molar-refractivity contribution in [3.05, 3.63) is 24.3 Å². The van der Waals surface area contributed by atoms with E-state index in [1.54, 1.807) is 13.2 Å². The molecule has 1 atom stereocenters. The van der Waals surface area contributed by atoms with Crippen LogP contribution < -0.4 is 9.47 Å². The van der Waals surface area contributed by atoms with Crippen molar-refractivity contribution in [3.8, 4) is 11.5 Å². The normalized spacial score (nSPS) is 21.0. The molecule has 0 spiro atoms. The lowest BCUT2D eigenvalue weighted by Crippen LogP contribution is -2.34. The summed E-state index contributed by atoms with van der Waals surface area (Å²) in [5.74, 6) is 2.00. The molecule has 22 heavy (non-hydrogen) atoms. The highest BCUT2D eigenvalue weighted by molar-refractivity contribution is 5.78. The predicted molar refractivity (Wildman–Crippen MR) is 82.2 cm³/mol. The summed E-state index contributed by atoms with van der Waals surface area (Å²) < 4.78 is 16.7. The van der Waals surface area contributed by atoms with Crippen LogP contribution in [-0.2, 0) is 9.53 Å². The fourth-order valence-electron chi connectivity index (χ4n) is 2.62. The van der Waals surface area contributed by atoms with Crippen molar-refractivity contribution >= 4 is 5.91 Å². The van der Waals surface area contributed by atoms with E-state index >= 15 is 0 Å². The van der Waals surface area contributed by atoms with Crippen LogP contribution in [0.3, 0.4) is 0 Å². The topological polar surface area (TPSA) is 48.0 Å². The molecule has 0 unspecified atom stereocenters. The molecule has 0 aromatic heterocycles. The van der Waals surface area contributed by atoms with Gasteiger partial charge in [0.2, 0.25) is 0 Å². The van der Waals surface area contributed by atoms with Gasteiger partial charge in [-0.15, -0.1) is 0 Å². The first-order valence-electron chi connectivity index (χ1n) is 7.91. The Morgan fingerprint density at radius 1 is 1.23 bits per heavy atom. The SMILES string of the molecule is COc1ccccc1OCC(=O)N1CC[C@H](OCC2CC2)C1. The van der Waals surface area contributed by atoms with Crippen LogP contribution in [-0.4, -0.2) is 50.3 Å². The zero-order chi connectivity index (χ0) is 15.4. The lowest BCUT2D eigenvalue weighted by molar-refractivity contribution is -0.132. The summed E-state index contributed by atoms with van der Waals surface area (Å²) in [7, 11) is 1.59. The molecular weight excluding hydrogens is 282 g/mol. The minimum atomic E-state index is 0.00317. The second-order valence-corrected chi connectivity index (χ2v) is 5.97. The second-order valence-electron chi connectivity index (χ2n) is 5.97. The van der Waals surface area contributed by atoms with Crippen molar-refractivity contribution in [2.24, 2.45) is 5.92 Å². The van der Waals surface area contributed by atoms with E-state index in [4.69, 9.17) is 14.2 Å². The number of hydrogen-bond acceptors (Lipinski definition) is 4. The quantitative estimate of drug-likeness (QED) is 0.774. The number of likely N-dealkylation sites (tertiary alicyclic amines) is 1. The molecule has 1 saturated heterocycles. The number of hydrogen-bond donors (Lipinski definition) is 0. The average molecular weight is 305 g/mol. The van der Waals surface area contributed by atoms with Crippen LogP contribution in [0.1, 0.15) is 19.3 Å². The van der Waals surface area contributed by atoms with E-state index in [0.29, 0.717) is 18.0 Å². The summed E-state index contributed by atoms with van der Waals surface area (Å²) in [5.41, 5.74) is 0. The van der Waals surface area contributed by atoms with Gasteiger partial charge in [-0.25, -0.2) is 0 Å². The van der Waals surface area contributed by atoms with Crippen LogP contribution in [0.15, 0.2) is 24.3 Å². The first-order valence-corrected chi connectivity index (χ1v) is 7.91. The molecule has 2 aliphatic rings. The maximum absolute atomic E-state index is 12.2. The number of nitrogens with zero attached hydrogens (tertiary/aromatic N) is 1. The van der Waals surface area contributed by atoms with Gasteiger partial charge >= 0.3 is 0 Å². The Labute approximate surface area is 131 Å². The molecule has 1 aliphatic carbocycles. The lowest BCUT2D eigenvalue weighted by atomic mass is 10.3. The van der Waals surface area contributed by atoms with Crippen molar-refractivity contribution in [1.29, 1.82) is 0 Å². The molecular formula is C17H23NO4. The van der Waals surface area contributed by atoms with Gasteiger partial charge in [0.15, 0.2) is 18.1 Å². The zero-order valence-electron chi connectivity index (χ0n) is 13.0. The highest BCUT2D eigenvalue weighted by Crippen LogP contribution is 2.30. The van der Waals surface area contributed by atoms with E-state index in [1.165, 1.54) is 12.8 Å². The Bertz CT molecular complexity index is 515. The number of methoxy groups -OCH3 is 1. The van der Waals surface area contributed by atoms with Crippen LogP contribution >= 0.6 is 0 Å². The van der Waals surface area contributed by atoms with E-state index in [0.717, 1.165) is 25.5 Å². The first kappa shape index (κ1) is 15.2.